The molecular weight excluding hydrogens is 368 g/mol. The molecule has 0 saturated heterocycles. The summed E-state index contributed by atoms with van der Waals surface area (Å²) in [7, 11) is 1.59. The summed E-state index contributed by atoms with van der Waals surface area (Å²) in [6.07, 6.45) is 0.661. The lowest BCUT2D eigenvalue weighted by Crippen LogP contribution is -2.51. The zero-order valence-electron chi connectivity index (χ0n) is 17.6. The Morgan fingerprint density at radius 1 is 0.966 bits per heavy atom. The molecule has 0 aromatic heterocycles. The average Bonchev–Trinajstić information content (AvgIpc) is 2.72. The second-order valence-electron chi connectivity index (χ2n) is 7.13. The van der Waals surface area contributed by atoms with Crippen LogP contribution in [-0.2, 0) is 16.0 Å². The topological polar surface area (TPSA) is 67.9 Å². The third-order valence-corrected chi connectivity index (χ3v) is 4.50. The Morgan fingerprint density at radius 2 is 1.59 bits per heavy atom. The van der Waals surface area contributed by atoms with Gasteiger partial charge >= 0.3 is 0 Å². The smallest absolute Gasteiger partial charge is 0.261 e. The molecule has 29 heavy (non-hydrogen) atoms. The van der Waals surface area contributed by atoms with Crippen molar-refractivity contribution in [1.29, 1.82) is 0 Å². The van der Waals surface area contributed by atoms with Gasteiger partial charge in [0.1, 0.15) is 17.5 Å². The molecule has 2 rings (SSSR count). The van der Waals surface area contributed by atoms with Crippen LogP contribution < -0.4 is 14.8 Å². The molecule has 6 nitrogen and oxygen atoms in total. The zero-order chi connectivity index (χ0) is 21.2. The SMILES string of the molecule is COc1ccc(OCC(=O)N(CCc2ccccc2)[C@H](C)C(=O)NC(C)C)cc1. The highest BCUT2D eigenvalue weighted by Crippen LogP contribution is 2.17. The average molecular weight is 399 g/mol. The second-order valence-corrected chi connectivity index (χ2v) is 7.13. The van der Waals surface area contributed by atoms with Gasteiger partial charge < -0.3 is 19.7 Å². The van der Waals surface area contributed by atoms with E-state index < -0.39 is 6.04 Å². The van der Waals surface area contributed by atoms with E-state index in [0.29, 0.717) is 24.5 Å². The first-order valence-corrected chi connectivity index (χ1v) is 9.81. The minimum Gasteiger partial charge on any atom is -0.497 e. The molecule has 156 valence electrons. The summed E-state index contributed by atoms with van der Waals surface area (Å²) in [6.45, 7) is 5.83. The number of hydrogen-bond acceptors (Lipinski definition) is 4. The van der Waals surface area contributed by atoms with Crippen LogP contribution in [0.2, 0.25) is 0 Å². The van der Waals surface area contributed by atoms with Gasteiger partial charge in [-0.1, -0.05) is 30.3 Å². The number of ether oxygens (including phenoxy) is 2. The summed E-state index contributed by atoms with van der Waals surface area (Å²) in [5.41, 5.74) is 1.11. The third-order valence-electron chi connectivity index (χ3n) is 4.50. The fourth-order valence-electron chi connectivity index (χ4n) is 2.88. The van der Waals surface area contributed by atoms with Crippen LogP contribution in [0.3, 0.4) is 0 Å². The molecule has 2 amide bonds. The van der Waals surface area contributed by atoms with Gasteiger partial charge in [-0.2, -0.15) is 0 Å². The number of amides is 2. The fourth-order valence-corrected chi connectivity index (χ4v) is 2.88. The molecule has 2 aromatic rings. The van der Waals surface area contributed by atoms with Gasteiger partial charge in [0, 0.05) is 12.6 Å². The van der Waals surface area contributed by atoms with Gasteiger partial charge in [0.05, 0.1) is 7.11 Å². The monoisotopic (exact) mass is 398 g/mol. The lowest BCUT2D eigenvalue weighted by Gasteiger charge is -2.29. The predicted octanol–water partition coefficient (Wildman–Crippen LogP) is 3.06. The first-order chi connectivity index (χ1) is 13.9. The lowest BCUT2D eigenvalue weighted by atomic mass is 10.1. The number of hydrogen-bond donors (Lipinski definition) is 1. The summed E-state index contributed by atoms with van der Waals surface area (Å²) < 4.78 is 10.8. The molecule has 1 atom stereocenters. The first kappa shape index (κ1) is 22.3. The van der Waals surface area contributed by atoms with Gasteiger partial charge in [0.2, 0.25) is 5.91 Å². The Balaban J connectivity index is 2.04. The molecule has 0 bridgehead atoms. The number of nitrogens with one attached hydrogen (secondary N) is 1. The molecule has 0 saturated carbocycles. The molecule has 0 heterocycles. The molecule has 0 aliphatic rings. The van der Waals surface area contributed by atoms with Crippen molar-refractivity contribution in [2.24, 2.45) is 0 Å². The Labute approximate surface area is 172 Å². The van der Waals surface area contributed by atoms with E-state index in [4.69, 9.17) is 9.47 Å². The molecular formula is C23H30N2O4. The van der Waals surface area contributed by atoms with Crippen LogP contribution >= 0.6 is 0 Å². The van der Waals surface area contributed by atoms with E-state index in [9.17, 15) is 9.59 Å². The number of carbonyl (C=O) groups excluding carboxylic acids is 2. The molecule has 0 spiro atoms. The molecule has 1 N–H and O–H groups in total. The van der Waals surface area contributed by atoms with Crippen molar-refractivity contribution in [1.82, 2.24) is 10.2 Å². The van der Waals surface area contributed by atoms with E-state index >= 15 is 0 Å². The Morgan fingerprint density at radius 3 is 2.17 bits per heavy atom. The van der Waals surface area contributed by atoms with Crippen LogP contribution in [-0.4, -0.2) is 49.1 Å². The fraction of sp³-hybridized carbons (Fsp3) is 0.391. The van der Waals surface area contributed by atoms with Crippen LogP contribution in [0.25, 0.3) is 0 Å². The van der Waals surface area contributed by atoms with Crippen LogP contribution in [0.5, 0.6) is 11.5 Å². The lowest BCUT2D eigenvalue weighted by molar-refractivity contribution is -0.141. The Hall–Kier alpha value is -3.02. The molecule has 0 fully saturated rings. The van der Waals surface area contributed by atoms with Crippen LogP contribution in [0.15, 0.2) is 54.6 Å². The molecule has 0 aliphatic carbocycles. The second kappa shape index (κ2) is 11.1. The normalized spacial score (nSPS) is 11.6. The zero-order valence-corrected chi connectivity index (χ0v) is 17.6. The summed E-state index contributed by atoms with van der Waals surface area (Å²) >= 11 is 0. The standard InChI is InChI=1S/C23H30N2O4/c1-17(2)24-23(27)18(3)25(15-14-19-8-6-5-7-9-19)22(26)16-29-21-12-10-20(28-4)11-13-21/h5-13,17-18H,14-16H2,1-4H3,(H,24,27)/t18-/m1/s1. The number of benzene rings is 2. The maximum Gasteiger partial charge on any atom is 0.261 e. The molecule has 0 aliphatic heterocycles. The van der Waals surface area contributed by atoms with Gasteiger partial charge in [-0.3, -0.25) is 9.59 Å². The molecule has 2 aromatic carbocycles. The van der Waals surface area contributed by atoms with Crippen molar-refractivity contribution in [3.63, 3.8) is 0 Å². The Bertz CT molecular complexity index is 775. The molecule has 6 heteroatoms. The predicted molar refractivity (Wildman–Crippen MR) is 113 cm³/mol. The summed E-state index contributed by atoms with van der Waals surface area (Å²) in [6, 6.07) is 16.3. The van der Waals surface area contributed by atoms with E-state index in [1.807, 2.05) is 44.2 Å². The number of nitrogens with zero attached hydrogens (tertiary/aromatic N) is 1. The van der Waals surface area contributed by atoms with Crippen molar-refractivity contribution in [3.8, 4) is 11.5 Å². The van der Waals surface area contributed by atoms with E-state index in [1.165, 1.54) is 0 Å². The van der Waals surface area contributed by atoms with Crippen molar-refractivity contribution < 1.29 is 19.1 Å². The highest BCUT2D eigenvalue weighted by molar-refractivity contribution is 5.88. The first-order valence-electron chi connectivity index (χ1n) is 9.81. The largest absolute Gasteiger partial charge is 0.497 e. The Kier molecular flexibility index (Phi) is 8.52. The highest BCUT2D eigenvalue weighted by atomic mass is 16.5. The van der Waals surface area contributed by atoms with E-state index in [1.54, 1.807) is 43.2 Å². The summed E-state index contributed by atoms with van der Waals surface area (Å²) in [4.78, 5) is 27.0. The van der Waals surface area contributed by atoms with Crippen molar-refractivity contribution >= 4 is 11.8 Å². The quantitative estimate of drug-likeness (QED) is 0.668. The third kappa shape index (κ3) is 7.14. The van der Waals surface area contributed by atoms with Crippen LogP contribution in [0.4, 0.5) is 0 Å². The summed E-state index contributed by atoms with van der Waals surface area (Å²) in [5.74, 6) is 0.877. The highest BCUT2D eigenvalue weighted by Gasteiger charge is 2.26. The molecule has 0 radical (unpaired) electrons. The maximum atomic E-state index is 12.9. The van der Waals surface area contributed by atoms with Crippen molar-refractivity contribution in [2.45, 2.75) is 39.3 Å². The van der Waals surface area contributed by atoms with E-state index in [2.05, 4.69) is 5.32 Å². The van der Waals surface area contributed by atoms with Crippen LogP contribution in [0.1, 0.15) is 26.3 Å². The number of methoxy groups -OCH3 is 1. The number of rotatable bonds is 10. The molecule has 0 unspecified atom stereocenters. The van der Waals surface area contributed by atoms with Gasteiger partial charge in [-0.25, -0.2) is 0 Å². The maximum absolute atomic E-state index is 12.9. The van der Waals surface area contributed by atoms with E-state index in [-0.39, 0.29) is 24.5 Å². The minimum absolute atomic E-state index is 0.00609. The number of carbonyl (C=O) groups is 2. The van der Waals surface area contributed by atoms with Crippen molar-refractivity contribution in [3.05, 3.63) is 60.2 Å². The van der Waals surface area contributed by atoms with Gasteiger partial charge in [-0.15, -0.1) is 0 Å². The summed E-state index contributed by atoms with van der Waals surface area (Å²) in [5, 5.41) is 2.87. The van der Waals surface area contributed by atoms with Gasteiger partial charge in [0.25, 0.3) is 5.91 Å². The van der Waals surface area contributed by atoms with Crippen LogP contribution in [0, 0.1) is 0 Å². The van der Waals surface area contributed by atoms with E-state index in [0.717, 1.165) is 5.56 Å². The minimum atomic E-state index is -0.590. The van der Waals surface area contributed by atoms with Crippen molar-refractivity contribution in [2.75, 3.05) is 20.3 Å². The van der Waals surface area contributed by atoms with Gasteiger partial charge in [0.15, 0.2) is 6.61 Å². The van der Waals surface area contributed by atoms with Gasteiger partial charge in [-0.05, 0) is 57.0 Å².